The Labute approximate surface area is 358 Å². The Balaban J connectivity index is 3.01. The molecule has 6 amide bonds. The summed E-state index contributed by atoms with van der Waals surface area (Å²) in [4.78, 5) is 77.7. The Morgan fingerprint density at radius 3 is 1.15 bits per heavy atom. The number of carbonyl (C=O) groups is 6. The van der Waals surface area contributed by atoms with Crippen LogP contribution in [0.3, 0.4) is 0 Å². The highest BCUT2D eigenvalue weighted by atomic mass is 16.5. The zero-order valence-electron chi connectivity index (χ0n) is 37.1. The molecule has 0 aliphatic carbocycles. The van der Waals surface area contributed by atoms with Crippen LogP contribution in [0.5, 0.6) is 0 Å². The molecule has 16 nitrogen and oxygen atoms in total. The van der Waals surface area contributed by atoms with Crippen molar-refractivity contribution in [1.29, 1.82) is 0 Å². The third-order valence-corrected chi connectivity index (χ3v) is 9.73. The summed E-state index contributed by atoms with van der Waals surface area (Å²) >= 11 is 0. The van der Waals surface area contributed by atoms with Crippen LogP contribution >= 0.6 is 0 Å². The van der Waals surface area contributed by atoms with Crippen LogP contribution < -0.4 is 31.9 Å². The lowest BCUT2D eigenvalue weighted by molar-refractivity contribution is -0.126. The van der Waals surface area contributed by atoms with Crippen LogP contribution in [0.25, 0.3) is 0 Å². The molecular formula is C44H76N6O10. The first-order valence-electron chi connectivity index (χ1n) is 21.9. The fourth-order valence-corrected chi connectivity index (χ4v) is 6.28. The number of benzene rings is 1. The first-order valence-corrected chi connectivity index (χ1v) is 21.9. The number of rotatable bonds is 37. The highest BCUT2D eigenvalue weighted by molar-refractivity contribution is 6.00. The van der Waals surface area contributed by atoms with Gasteiger partial charge in [-0.05, 0) is 120 Å². The minimum absolute atomic E-state index is 0.0271. The molecular weight excluding hydrogens is 773 g/mol. The molecule has 1 aromatic rings. The summed E-state index contributed by atoms with van der Waals surface area (Å²) < 4.78 is 20.3. The minimum atomic E-state index is -0.822. The predicted octanol–water partition coefficient (Wildman–Crippen LogP) is 4.94. The maximum atomic E-state index is 13.8. The van der Waals surface area contributed by atoms with Gasteiger partial charge < -0.3 is 50.8 Å². The highest BCUT2D eigenvalue weighted by Gasteiger charge is 2.23. The molecule has 60 heavy (non-hydrogen) atoms. The van der Waals surface area contributed by atoms with Crippen LogP contribution in [-0.4, -0.2) is 115 Å². The molecule has 0 fully saturated rings. The van der Waals surface area contributed by atoms with Gasteiger partial charge in [0, 0.05) is 105 Å². The molecule has 0 aliphatic heterocycles. The van der Waals surface area contributed by atoms with Gasteiger partial charge in [0.1, 0.15) is 12.1 Å². The third kappa shape index (κ3) is 27.6. The van der Waals surface area contributed by atoms with Gasteiger partial charge in [0.15, 0.2) is 0 Å². The lowest BCUT2D eigenvalue weighted by Gasteiger charge is -2.21. The number of methoxy groups -OCH3 is 4. The van der Waals surface area contributed by atoms with Gasteiger partial charge in [-0.1, -0.05) is 6.92 Å². The Bertz CT molecular complexity index is 1280. The monoisotopic (exact) mass is 849 g/mol. The van der Waals surface area contributed by atoms with Crippen molar-refractivity contribution in [2.24, 2.45) is 0 Å². The van der Waals surface area contributed by atoms with E-state index in [1.165, 1.54) is 0 Å². The Kier molecular flexibility index (Phi) is 32.0. The first-order chi connectivity index (χ1) is 29.1. The number of aryl methyl sites for hydroxylation is 1. The summed E-state index contributed by atoms with van der Waals surface area (Å²) in [6.45, 7) is 5.20. The second-order valence-electron chi connectivity index (χ2n) is 15.0. The largest absolute Gasteiger partial charge is 0.385 e. The van der Waals surface area contributed by atoms with Crippen LogP contribution in [0, 0.1) is 0 Å². The standard InChI is InChI=1S/C44H76N6O10/c1-6-34-31-35(47-43(55)37(49-41(53)23-11-17-29-59-4)19-7-13-25-45-39(51)21-9-15-27-57-2)33-36(32-34)48-44(56)38(50-42(54)24-12-18-30-60-5)20-8-14-26-46-40(52)22-10-16-28-58-3/h31-33,37-38H,6-30H2,1-5H3,(H,45,51)(H,46,52)(H,47,55)(H,48,56)(H,49,53)(H,50,54). The van der Waals surface area contributed by atoms with Gasteiger partial charge in [0.2, 0.25) is 35.4 Å². The fraction of sp³-hybridized carbons (Fsp3) is 0.727. The molecule has 1 rings (SSSR count). The van der Waals surface area contributed by atoms with E-state index in [2.05, 4.69) is 31.9 Å². The summed E-state index contributed by atoms with van der Waals surface area (Å²) in [7, 11) is 6.48. The SMILES string of the molecule is CCc1cc(NC(=O)C(CCCCNC(=O)CCCCOC)NC(=O)CCCCOC)cc(NC(=O)C(CCCCNC(=O)CCCCOC)NC(=O)CCCCOC)c1. The molecule has 2 atom stereocenters. The number of unbranched alkanes of at least 4 members (excludes halogenated alkanes) is 6. The van der Waals surface area contributed by atoms with E-state index in [-0.39, 0.29) is 36.5 Å². The maximum absolute atomic E-state index is 13.8. The average molecular weight is 849 g/mol. The molecule has 16 heteroatoms. The van der Waals surface area contributed by atoms with Gasteiger partial charge in [0.05, 0.1) is 0 Å². The number of ether oxygens (including phenoxy) is 4. The first kappa shape index (κ1) is 53.9. The second kappa shape index (κ2) is 35.6. The summed E-state index contributed by atoms with van der Waals surface area (Å²) in [5, 5.41) is 17.5. The van der Waals surface area contributed by atoms with E-state index >= 15 is 0 Å². The smallest absolute Gasteiger partial charge is 0.246 e. The molecule has 342 valence electrons. The van der Waals surface area contributed by atoms with Crippen molar-refractivity contribution >= 4 is 46.8 Å². The van der Waals surface area contributed by atoms with Crippen molar-refractivity contribution in [3.8, 4) is 0 Å². The molecule has 0 spiro atoms. The van der Waals surface area contributed by atoms with Crippen LogP contribution in [0.2, 0.25) is 0 Å². The van der Waals surface area contributed by atoms with Crippen LogP contribution in [0.4, 0.5) is 11.4 Å². The summed E-state index contributed by atoms with van der Waals surface area (Å²) in [6.07, 6.45) is 10.9. The quantitative estimate of drug-likeness (QED) is 0.0497. The number of nitrogens with one attached hydrogen (secondary N) is 6. The molecule has 0 saturated carbocycles. The highest BCUT2D eigenvalue weighted by Crippen LogP contribution is 2.21. The van der Waals surface area contributed by atoms with E-state index < -0.39 is 23.9 Å². The van der Waals surface area contributed by atoms with Crippen LogP contribution in [0.1, 0.15) is 128 Å². The van der Waals surface area contributed by atoms with E-state index in [4.69, 9.17) is 18.9 Å². The van der Waals surface area contributed by atoms with Gasteiger partial charge in [-0.3, -0.25) is 28.8 Å². The molecule has 0 radical (unpaired) electrons. The van der Waals surface area contributed by atoms with E-state index in [1.54, 1.807) is 34.5 Å². The summed E-state index contributed by atoms with van der Waals surface area (Å²) in [6, 6.07) is 3.66. The normalized spacial score (nSPS) is 11.9. The summed E-state index contributed by atoms with van der Waals surface area (Å²) in [5.41, 5.74) is 1.76. The van der Waals surface area contributed by atoms with E-state index in [9.17, 15) is 28.8 Å². The van der Waals surface area contributed by atoms with Crippen molar-refractivity contribution in [3.63, 3.8) is 0 Å². The van der Waals surface area contributed by atoms with Gasteiger partial charge >= 0.3 is 0 Å². The molecule has 0 bridgehead atoms. The van der Waals surface area contributed by atoms with E-state index in [0.29, 0.717) is 122 Å². The maximum Gasteiger partial charge on any atom is 0.246 e. The van der Waals surface area contributed by atoms with Crippen LogP contribution in [-0.2, 0) is 54.1 Å². The third-order valence-electron chi connectivity index (χ3n) is 9.73. The van der Waals surface area contributed by atoms with Crippen molar-refractivity contribution in [3.05, 3.63) is 23.8 Å². The van der Waals surface area contributed by atoms with Crippen molar-refractivity contribution in [2.45, 2.75) is 141 Å². The van der Waals surface area contributed by atoms with Gasteiger partial charge in [-0.15, -0.1) is 0 Å². The second-order valence-corrected chi connectivity index (χ2v) is 15.0. The number of amides is 6. The average Bonchev–Trinajstić information content (AvgIpc) is 3.22. The Morgan fingerprint density at radius 1 is 0.467 bits per heavy atom. The van der Waals surface area contributed by atoms with E-state index in [0.717, 1.165) is 44.1 Å². The number of anilines is 2. The molecule has 0 saturated heterocycles. The van der Waals surface area contributed by atoms with Crippen molar-refractivity contribution in [2.75, 3.05) is 78.6 Å². The lowest BCUT2D eigenvalue weighted by Crippen LogP contribution is -2.44. The molecule has 2 unspecified atom stereocenters. The van der Waals surface area contributed by atoms with Gasteiger partial charge in [0.25, 0.3) is 0 Å². The van der Waals surface area contributed by atoms with Crippen LogP contribution in [0.15, 0.2) is 18.2 Å². The van der Waals surface area contributed by atoms with E-state index in [1.807, 2.05) is 19.1 Å². The zero-order chi connectivity index (χ0) is 44.2. The molecule has 0 heterocycles. The summed E-state index contributed by atoms with van der Waals surface area (Å²) in [5.74, 6) is -1.32. The Hall–Kier alpha value is -4.12. The molecule has 0 aliphatic rings. The fourth-order valence-electron chi connectivity index (χ4n) is 6.28. The number of carbonyl (C=O) groups excluding carboxylic acids is 6. The number of hydrogen-bond donors (Lipinski definition) is 6. The lowest BCUT2D eigenvalue weighted by atomic mass is 10.1. The van der Waals surface area contributed by atoms with Crippen molar-refractivity contribution < 1.29 is 47.7 Å². The molecule has 1 aromatic carbocycles. The van der Waals surface area contributed by atoms with Crippen molar-refractivity contribution in [1.82, 2.24) is 21.3 Å². The topological polar surface area (TPSA) is 212 Å². The minimum Gasteiger partial charge on any atom is -0.385 e. The molecule has 6 N–H and O–H groups in total. The zero-order valence-corrected chi connectivity index (χ0v) is 37.1. The predicted molar refractivity (Wildman–Crippen MR) is 234 cm³/mol. The van der Waals surface area contributed by atoms with Gasteiger partial charge in [-0.25, -0.2) is 0 Å². The Morgan fingerprint density at radius 2 is 0.817 bits per heavy atom. The molecule has 0 aromatic heterocycles. The number of hydrogen-bond acceptors (Lipinski definition) is 10. The van der Waals surface area contributed by atoms with Gasteiger partial charge in [-0.2, -0.15) is 0 Å².